The number of aliphatic hydroxyl groups excluding tert-OH is 1. The average Bonchev–Trinajstić information content (AvgIpc) is 2.35. The quantitative estimate of drug-likeness (QED) is 0.598. The van der Waals surface area contributed by atoms with E-state index >= 15 is 0 Å². The van der Waals surface area contributed by atoms with Gasteiger partial charge in [-0.2, -0.15) is 0 Å². The average molecular weight is 172 g/mol. The molecule has 12 heavy (non-hydrogen) atoms. The first-order valence-corrected chi connectivity index (χ1v) is 4.24. The third kappa shape index (κ3) is 1.21. The second-order valence-corrected chi connectivity index (χ2v) is 3.41. The summed E-state index contributed by atoms with van der Waals surface area (Å²) in [6.45, 7) is 0.457. The SMILES string of the molecule is O=COC1CCC2CC1OC2O. The Morgan fingerprint density at radius 3 is 3.08 bits per heavy atom. The van der Waals surface area contributed by atoms with Crippen molar-refractivity contribution in [3.05, 3.63) is 0 Å². The van der Waals surface area contributed by atoms with Crippen LogP contribution >= 0.6 is 0 Å². The highest BCUT2D eigenvalue weighted by Crippen LogP contribution is 2.37. The van der Waals surface area contributed by atoms with Gasteiger partial charge in [-0.3, -0.25) is 4.79 Å². The Labute approximate surface area is 70.5 Å². The molecule has 2 fully saturated rings. The highest BCUT2D eigenvalue weighted by Gasteiger charge is 2.43. The van der Waals surface area contributed by atoms with Crippen molar-refractivity contribution in [2.24, 2.45) is 5.92 Å². The largest absolute Gasteiger partial charge is 0.462 e. The fourth-order valence-electron chi connectivity index (χ4n) is 2.05. The van der Waals surface area contributed by atoms with Crippen LogP contribution in [0.25, 0.3) is 0 Å². The molecule has 1 heterocycles. The van der Waals surface area contributed by atoms with Crippen molar-refractivity contribution in [3.63, 3.8) is 0 Å². The van der Waals surface area contributed by atoms with Gasteiger partial charge in [0, 0.05) is 5.92 Å². The molecule has 1 saturated heterocycles. The maximum absolute atomic E-state index is 10.1. The Kier molecular flexibility index (Phi) is 2.02. The molecule has 4 unspecified atom stereocenters. The molecule has 4 atom stereocenters. The van der Waals surface area contributed by atoms with Crippen LogP contribution in [0.1, 0.15) is 19.3 Å². The van der Waals surface area contributed by atoms with Crippen molar-refractivity contribution < 1.29 is 19.4 Å². The molecule has 1 aliphatic carbocycles. The van der Waals surface area contributed by atoms with Crippen LogP contribution < -0.4 is 0 Å². The van der Waals surface area contributed by atoms with Gasteiger partial charge >= 0.3 is 0 Å². The summed E-state index contributed by atoms with van der Waals surface area (Å²) in [4.78, 5) is 10.1. The minimum absolute atomic E-state index is 0.0797. The summed E-state index contributed by atoms with van der Waals surface area (Å²) in [6.07, 6.45) is 1.65. The third-order valence-corrected chi connectivity index (χ3v) is 2.72. The molecule has 68 valence electrons. The minimum Gasteiger partial charge on any atom is -0.462 e. The van der Waals surface area contributed by atoms with Gasteiger partial charge in [0.05, 0.1) is 6.10 Å². The molecule has 2 bridgehead atoms. The van der Waals surface area contributed by atoms with Crippen LogP contribution in [0, 0.1) is 5.92 Å². The van der Waals surface area contributed by atoms with Gasteiger partial charge in [0.25, 0.3) is 6.47 Å². The van der Waals surface area contributed by atoms with Crippen LogP contribution in [0.15, 0.2) is 0 Å². The highest BCUT2D eigenvalue weighted by atomic mass is 16.6. The highest BCUT2D eigenvalue weighted by molar-refractivity contribution is 5.37. The maximum atomic E-state index is 10.1. The van der Waals surface area contributed by atoms with Gasteiger partial charge in [-0.15, -0.1) is 0 Å². The van der Waals surface area contributed by atoms with E-state index in [2.05, 4.69) is 0 Å². The molecular formula is C8H12O4. The standard InChI is InChI=1S/C8H12O4/c9-4-11-6-2-1-5-3-7(6)12-8(5)10/h4-8,10H,1-3H2. The Hall–Kier alpha value is -0.610. The fourth-order valence-corrected chi connectivity index (χ4v) is 2.05. The lowest BCUT2D eigenvalue weighted by molar-refractivity contribution is -0.150. The molecule has 4 heteroatoms. The second-order valence-electron chi connectivity index (χ2n) is 3.41. The van der Waals surface area contributed by atoms with Gasteiger partial charge in [-0.25, -0.2) is 0 Å². The first-order valence-electron chi connectivity index (χ1n) is 4.24. The van der Waals surface area contributed by atoms with Crippen molar-refractivity contribution in [2.75, 3.05) is 0 Å². The predicted octanol–water partition coefficient (Wildman–Crippen LogP) is 0.0453. The minimum atomic E-state index is -0.643. The lowest BCUT2D eigenvalue weighted by atomic mass is 9.88. The van der Waals surface area contributed by atoms with E-state index in [1.807, 2.05) is 0 Å². The third-order valence-electron chi connectivity index (χ3n) is 2.72. The number of hydrogen-bond acceptors (Lipinski definition) is 4. The van der Waals surface area contributed by atoms with E-state index in [1.54, 1.807) is 0 Å². The molecule has 4 nitrogen and oxygen atoms in total. The summed E-state index contributed by atoms with van der Waals surface area (Å²) in [5.74, 6) is 0.251. The monoisotopic (exact) mass is 172 g/mol. The topological polar surface area (TPSA) is 55.8 Å². The zero-order valence-corrected chi connectivity index (χ0v) is 6.68. The van der Waals surface area contributed by atoms with Crippen LogP contribution in [0.2, 0.25) is 0 Å². The Morgan fingerprint density at radius 1 is 1.50 bits per heavy atom. The number of rotatable bonds is 2. The van der Waals surface area contributed by atoms with Crippen LogP contribution in [0.5, 0.6) is 0 Å². The summed E-state index contributed by atoms with van der Waals surface area (Å²) >= 11 is 0. The van der Waals surface area contributed by atoms with Gasteiger partial charge in [0.15, 0.2) is 6.29 Å². The molecule has 0 amide bonds. The van der Waals surface area contributed by atoms with Gasteiger partial charge in [-0.05, 0) is 19.3 Å². The zero-order chi connectivity index (χ0) is 8.55. The number of fused-ring (bicyclic) bond motifs is 2. The molecule has 1 N–H and O–H groups in total. The van der Waals surface area contributed by atoms with E-state index < -0.39 is 6.29 Å². The van der Waals surface area contributed by atoms with E-state index in [9.17, 15) is 9.90 Å². The van der Waals surface area contributed by atoms with Gasteiger partial charge in [0.1, 0.15) is 6.10 Å². The normalized spacial score (nSPS) is 45.8. The molecule has 2 rings (SSSR count). The Morgan fingerprint density at radius 2 is 2.33 bits per heavy atom. The summed E-state index contributed by atoms with van der Waals surface area (Å²) in [7, 11) is 0. The molecule has 0 aromatic carbocycles. The van der Waals surface area contributed by atoms with Crippen molar-refractivity contribution >= 4 is 6.47 Å². The molecule has 0 aromatic rings. The Bertz CT molecular complexity index is 180. The van der Waals surface area contributed by atoms with E-state index in [-0.39, 0.29) is 18.1 Å². The number of carbonyl (C=O) groups is 1. The summed E-state index contributed by atoms with van der Waals surface area (Å²) in [5, 5.41) is 9.32. The Balaban J connectivity index is 1.99. The van der Waals surface area contributed by atoms with Crippen molar-refractivity contribution in [1.29, 1.82) is 0 Å². The summed E-state index contributed by atoms with van der Waals surface area (Å²) in [6, 6.07) is 0. The fraction of sp³-hybridized carbons (Fsp3) is 0.875. The van der Waals surface area contributed by atoms with Crippen LogP contribution in [0.3, 0.4) is 0 Å². The molecule has 0 radical (unpaired) electrons. The smallest absolute Gasteiger partial charge is 0.293 e. The molecule has 0 spiro atoms. The van der Waals surface area contributed by atoms with E-state index in [4.69, 9.17) is 9.47 Å². The summed E-state index contributed by atoms with van der Waals surface area (Å²) in [5.41, 5.74) is 0. The predicted molar refractivity (Wildman–Crippen MR) is 39.2 cm³/mol. The first-order chi connectivity index (χ1) is 5.81. The van der Waals surface area contributed by atoms with Crippen LogP contribution in [0.4, 0.5) is 0 Å². The molecular weight excluding hydrogens is 160 g/mol. The number of hydrogen-bond donors (Lipinski definition) is 1. The molecule has 1 aliphatic heterocycles. The van der Waals surface area contributed by atoms with Gasteiger partial charge in [0.2, 0.25) is 0 Å². The second kappa shape index (κ2) is 3.03. The first kappa shape index (κ1) is 8.01. The summed E-state index contributed by atoms with van der Waals surface area (Å²) < 4.78 is 10.1. The van der Waals surface area contributed by atoms with Crippen molar-refractivity contribution in [2.45, 2.75) is 37.8 Å². The van der Waals surface area contributed by atoms with E-state index in [0.29, 0.717) is 6.47 Å². The number of carbonyl (C=O) groups excluding carboxylic acids is 1. The van der Waals surface area contributed by atoms with E-state index in [1.165, 1.54) is 0 Å². The molecule has 2 aliphatic rings. The zero-order valence-electron chi connectivity index (χ0n) is 6.68. The van der Waals surface area contributed by atoms with Crippen LogP contribution in [-0.4, -0.2) is 30.1 Å². The van der Waals surface area contributed by atoms with Gasteiger partial charge in [-0.1, -0.05) is 0 Å². The molecule has 1 saturated carbocycles. The van der Waals surface area contributed by atoms with Crippen molar-refractivity contribution in [1.82, 2.24) is 0 Å². The van der Waals surface area contributed by atoms with Crippen LogP contribution in [-0.2, 0) is 14.3 Å². The lowest BCUT2D eigenvalue weighted by Crippen LogP contribution is -2.31. The number of ether oxygens (including phenoxy) is 2. The lowest BCUT2D eigenvalue weighted by Gasteiger charge is -2.24. The van der Waals surface area contributed by atoms with E-state index in [0.717, 1.165) is 19.3 Å². The number of aliphatic hydroxyl groups is 1. The van der Waals surface area contributed by atoms with Crippen molar-refractivity contribution in [3.8, 4) is 0 Å². The maximum Gasteiger partial charge on any atom is 0.293 e. The molecule has 0 aromatic heterocycles. The van der Waals surface area contributed by atoms with Gasteiger partial charge < -0.3 is 14.6 Å².